The van der Waals surface area contributed by atoms with Crippen LogP contribution in [-0.2, 0) is 0 Å². The molecule has 1 rings (SSSR count). The van der Waals surface area contributed by atoms with Crippen LogP contribution in [0.2, 0.25) is 0 Å². The zero-order valence-electron chi connectivity index (χ0n) is 10.2. The molecule has 1 atom stereocenters. The van der Waals surface area contributed by atoms with Crippen LogP contribution in [0.4, 0.5) is 4.39 Å². The zero-order valence-corrected chi connectivity index (χ0v) is 10.2. The minimum Gasteiger partial charge on any atom is -0.259 e. The molecule has 1 heterocycles. The molecule has 1 unspecified atom stereocenters. The summed E-state index contributed by atoms with van der Waals surface area (Å²) in [6.07, 6.45) is 1.50. The van der Waals surface area contributed by atoms with Gasteiger partial charge in [-0.15, -0.1) is 0 Å². The topological polar surface area (TPSA) is 12.9 Å². The number of rotatable bonds is 2. The average molecular weight is 207 g/mol. The van der Waals surface area contributed by atoms with Gasteiger partial charge < -0.3 is 0 Å². The summed E-state index contributed by atoms with van der Waals surface area (Å²) in [5.41, 5.74) is 0.876. The van der Waals surface area contributed by atoms with Crippen molar-refractivity contribution in [2.45, 2.75) is 40.5 Å². The molecule has 0 N–H and O–H groups in total. The summed E-state index contributed by atoms with van der Waals surface area (Å²) in [6, 6.07) is 1.32. The molecule has 0 aliphatic rings. The lowest BCUT2D eigenvalue weighted by atomic mass is 9.91. The third-order valence-electron chi connectivity index (χ3n) is 2.32. The van der Waals surface area contributed by atoms with Gasteiger partial charge in [-0.25, -0.2) is 4.39 Å². The number of nitrogens with zero attached hydrogens (tertiary/aromatic N) is 1. The van der Waals surface area contributed by atoms with Gasteiger partial charge in [-0.2, -0.15) is 0 Å². The van der Waals surface area contributed by atoms with Gasteiger partial charge >= 0.3 is 0 Å². The first kappa shape index (κ1) is 14.1. The molecule has 0 spiro atoms. The van der Waals surface area contributed by atoms with Gasteiger partial charge in [0.25, 0.3) is 0 Å². The predicted molar refractivity (Wildman–Crippen MR) is 64.2 cm³/mol. The summed E-state index contributed by atoms with van der Waals surface area (Å²) in [5.74, 6) is 0.201. The molecule has 0 fully saturated rings. The molecular weight excluding hydrogens is 188 g/mol. The maximum atomic E-state index is 13.3. The highest BCUT2D eigenvalue weighted by molar-refractivity contribution is 6.32. The average Bonchev–Trinajstić information content (AvgIpc) is 2.20. The van der Waals surface area contributed by atoms with Crippen molar-refractivity contribution < 1.29 is 4.39 Å². The molecule has 1 nitrogen and oxygen atoms in total. The summed E-state index contributed by atoms with van der Waals surface area (Å²) < 4.78 is 13.3. The van der Waals surface area contributed by atoms with Crippen LogP contribution in [0.3, 0.4) is 0 Å². The lowest BCUT2D eigenvalue weighted by Gasteiger charge is -2.15. The lowest BCUT2D eigenvalue weighted by Crippen LogP contribution is -2.12. The maximum absolute atomic E-state index is 13.3. The largest absolute Gasteiger partial charge is 0.259 e. The Morgan fingerprint density at radius 3 is 2.20 bits per heavy atom. The normalized spacial score (nSPS) is 11.9. The monoisotopic (exact) mass is 207 g/mol. The Bertz CT molecular complexity index is 300. The predicted octanol–water partition coefficient (Wildman–Crippen LogP) is 2.80. The highest BCUT2D eigenvalue weighted by Gasteiger charge is 2.15. The van der Waals surface area contributed by atoms with E-state index in [1.807, 2.05) is 34.6 Å². The molecule has 0 aliphatic carbocycles. The molecule has 0 aromatic carbocycles. The van der Waals surface area contributed by atoms with E-state index in [0.29, 0.717) is 17.1 Å². The molecule has 0 saturated heterocycles. The first-order valence-corrected chi connectivity index (χ1v) is 5.43. The SMILES string of the molecule is CC.[B]c1cnc(C(C)C(C)C)c(F)c1. The van der Waals surface area contributed by atoms with Crippen LogP contribution in [0.25, 0.3) is 0 Å². The van der Waals surface area contributed by atoms with Crippen molar-refractivity contribution in [2.75, 3.05) is 0 Å². The van der Waals surface area contributed by atoms with Crippen molar-refractivity contribution >= 4 is 13.3 Å². The number of pyridine rings is 1. The summed E-state index contributed by atoms with van der Waals surface area (Å²) >= 11 is 0. The highest BCUT2D eigenvalue weighted by Crippen LogP contribution is 2.22. The van der Waals surface area contributed by atoms with Crippen molar-refractivity contribution in [1.29, 1.82) is 0 Å². The fraction of sp³-hybridized carbons (Fsp3) is 0.583. The number of halogens is 1. The van der Waals surface area contributed by atoms with E-state index in [1.165, 1.54) is 12.3 Å². The van der Waals surface area contributed by atoms with Gasteiger partial charge in [-0.05, 0) is 12.0 Å². The van der Waals surface area contributed by atoms with Gasteiger partial charge in [0.1, 0.15) is 13.7 Å². The Kier molecular flexibility index (Phi) is 6.22. The fourth-order valence-electron chi connectivity index (χ4n) is 1.11. The number of aromatic nitrogens is 1. The van der Waals surface area contributed by atoms with E-state index < -0.39 is 0 Å². The van der Waals surface area contributed by atoms with Crippen LogP contribution in [0.1, 0.15) is 46.2 Å². The Balaban J connectivity index is 0.000000921. The smallest absolute Gasteiger partial charge is 0.144 e. The third kappa shape index (κ3) is 4.02. The van der Waals surface area contributed by atoms with Gasteiger partial charge in [0.05, 0.1) is 5.69 Å². The summed E-state index contributed by atoms with van der Waals surface area (Å²) in [6.45, 7) is 10.1. The third-order valence-corrected chi connectivity index (χ3v) is 2.32. The van der Waals surface area contributed by atoms with Crippen LogP contribution >= 0.6 is 0 Å². The zero-order chi connectivity index (χ0) is 12.0. The second kappa shape index (κ2) is 6.60. The molecule has 82 valence electrons. The van der Waals surface area contributed by atoms with Crippen LogP contribution in [0, 0.1) is 11.7 Å². The van der Waals surface area contributed by atoms with E-state index in [0.717, 1.165) is 0 Å². The van der Waals surface area contributed by atoms with Gasteiger partial charge in [0.2, 0.25) is 0 Å². The molecule has 0 aliphatic heterocycles. The Morgan fingerprint density at radius 2 is 1.80 bits per heavy atom. The van der Waals surface area contributed by atoms with E-state index in [9.17, 15) is 4.39 Å². The van der Waals surface area contributed by atoms with Crippen molar-refractivity contribution in [3.05, 3.63) is 23.8 Å². The molecule has 2 radical (unpaired) electrons. The molecule has 0 amide bonds. The number of hydrogen-bond donors (Lipinski definition) is 0. The van der Waals surface area contributed by atoms with Crippen molar-refractivity contribution in [3.8, 4) is 0 Å². The molecule has 15 heavy (non-hydrogen) atoms. The molecular formula is C12H19BFN. The van der Waals surface area contributed by atoms with Gasteiger partial charge in [-0.1, -0.05) is 40.1 Å². The van der Waals surface area contributed by atoms with Gasteiger partial charge in [0.15, 0.2) is 0 Å². The van der Waals surface area contributed by atoms with Gasteiger partial charge in [-0.3, -0.25) is 4.98 Å². The van der Waals surface area contributed by atoms with Gasteiger partial charge in [0, 0.05) is 12.1 Å². The summed E-state index contributed by atoms with van der Waals surface area (Å²) in [4.78, 5) is 4.00. The van der Waals surface area contributed by atoms with Crippen molar-refractivity contribution in [3.63, 3.8) is 0 Å². The van der Waals surface area contributed by atoms with Crippen LogP contribution in [0.5, 0.6) is 0 Å². The van der Waals surface area contributed by atoms with Crippen LogP contribution < -0.4 is 5.46 Å². The Labute approximate surface area is 93.5 Å². The van der Waals surface area contributed by atoms with Crippen molar-refractivity contribution in [2.24, 2.45) is 5.92 Å². The highest BCUT2D eigenvalue weighted by atomic mass is 19.1. The fourth-order valence-corrected chi connectivity index (χ4v) is 1.11. The minimum atomic E-state index is -0.304. The second-order valence-corrected chi connectivity index (χ2v) is 3.67. The first-order chi connectivity index (χ1) is 7.02. The van der Waals surface area contributed by atoms with E-state index in [1.54, 1.807) is 0 Å². The van der Waals surface area contributed by atoms with E-state index in [2.05, 4.69) is 4.98 Å². The molecule has 3 heteroatoms. The van der Waals surface area contributed by atoms with Crippen LogP contribution in [0.15, 0.2) is 12.3 Å². The standard InChI is InChI=1S/C10H13BFN.C2H6/c1-6(2)7(3)10-9(12)4-8(11)5-13-10;1-2/h4-7H,1-3H3;1-2H3. The quantitative estimate of drug-likeness (QED) is 0.679. The summed E-state index contributed by atoms with van der Waals surface area (Å²) in [5, 5.41) is 0. The maximum Gasteiger partial charge on any atom is 0.144 e. The Hall–Kier alpha value is -0.855. The lowest BCUT2D eigenvalue weighted by molar-refractivity contribution is 0.488. The van der Waals surface area contributed by atoms with E-state index in [-0.39, 0.29) is 11.7 Å². The molecule has 1 aromatic rings. The molecule has 1 aromatic heterocycles. The number of hydrogen-bond acceptors (Lipinski definition) is 1. The Morgan fingerprint density at radius 1 is 1.27 bits per heavy atom. The molecule has 0 bridgehead atoms. The molecule has 0 saturated carbocycles. The van der Waals surface area contributed by atoms with E-state index >= 15 is 0 Å². The second-order valence-electron chi connectivity index (χ2n) is 3.67. The first-order valence-electron chi connectivity index (χ1n) is 5.43. The van der Waals surface area contributed by atoms with Crippen LogP contribution in [-0.4, -0.2) is 12.8 Å². The summed E-state index contributed by atoms with van der Waals surface area (Å²) in [7, 11) is 5.40. The minimum absolute atomic E-state index is 0.126. The van der Waals surface area contributed by atoms with E-state index in [4.69, 9.17) is 7.85 Å². The van der Waals surface area contributed by atoms with Crippen molar-refractivity contribution in [1.82, 2.24) is 4.98 Å².